The molecule has 10 rings (SSSR count). The number of thiazole rings is 1. The van der Waals surface area contributed by atoms with Crippen LogP contribution in [0.4, 0.5) is 0 Å². The first-order valence-corrected chi connectivity index (χ1v) is 17.4. The second-order valence-corrected chi connectivity index (χ2v) is 14.1. The Bertz CT molecular complexity index is 2850. The lowest BCUT2D eigenvalue weighted by atomic mass is 10.1. The smallest absolute Gasteiger partial charge is 0.164 e. The summed E-state index contributed by atoms with van der Waals surface area (Å²) in [7, 11) is 0. The van der Waals surface area contributed by atoms with Gasteiger partial charge in [0.15, 0.2) is 17.5 Å². The largest absolute Gasteiger partial charge is 0.236 e. The Labute approximate surface area is 283 Å². The molecular formula is C42H24N4S2. The SMILES string of the molecule is c1ccc(-c2nc(-c3ccc4ccccc4c3)nc(-c3ccc4c(c3)sc3cc5nc(-c6ccc7ccccc7c6)sc5cc34)n2)cc1. The molecule has 10 aromatic rings. The van der Waals surface area contributed by atoms with Gasteiger partial charge in [0, 0.05) is 42.4 Å². The summed E-state index contributed by atoms with van der Waals surface area (Å²) in [5.74, 6) is 1.98. The summed E-state index contributed by atoms with van der Waals surface area (Å²) in [6, 6.07) is 51.1. The minimum Gasteiger partial charge on any atom is -0.236 e. The highest BCUT2D eigenvalue weighted by molar-refractivity contribution is 7.26. The van der Waals surface area contributed by atoms with Crippen molar-refractivity contribution in [3.8, 4) is 44.7 Å². The summed E-state index contributed by atoms with van der Waals surface area (Å²) in [5.41, 5.74) is 5.08. The maximum absolute atomic E-state index is 5.07. The van der Waals surface area contributed by atoms with Crippen molar-refractivity contribution in [2.75, 3.05) is 0 Å². The predicted octanol–water partition coefficient (Wildman–Crippen LogP) is 11.8. The quantitative estimate of drug-likeness (QED) is 0.191. The zero-order valence-corrected chi connectivity index (χ0v) is 27.1. The molecule has 0 radical (unpaired) electrons. The molecule has 7 aromatic carbocycles. The molecule has 3 aromatic heterocycles. The van der Waals surface area contributed by atoms with Crippen LogP contribution in [0.3, 0.4) is 0 Å². The van der Waals surface area contributed by atoms with Gasteiger partial charge in [0.2, 0.25) is 0 Å². The van der Waals surface area contributed by atoms with Gasteiger partial charge in [0.1, 0.15) is 5.01 Å². The fraction of sp³-hybridized carbons (Fsp3) is 0. The maximum atomic E-state index is 5.07. The summed E-state index contributed by atoms with van der Waals surface area (Å²) in [6.45, 7) is 0. The summed E-state index contributed by atoms with van der Waals surface area (Å²) in [5, 5.41) is 8.35. The highest BCUT2D eigenvalue weighted by Gasteiger charge is 2.16. The second kappa shape index (κ2) is 10.9. The first-order valence-electron chi connectivity index (χ1n) is 15.8. The molecule has 0 aliphatic rings. The van der Waals surface area contributed by atoms with Gasteiger partial charge in [0.25, 0.3) is 0 Å². The molecule has 0 aliphatic heterocycles. The van der Waals surface area contributed by atoms with Crippen molar-refractivity contribution in [3.63, 3.8) is 0 Å². The minimum atomic E-state index is 0.661. The van der Waals surface area contributed by atoms with Crippen LogP contribution in [0.2, 0.25) is 0 Å². The first kappa shape index (κ1) is 27.3. The fourth-order valence-electron chi connectivity index (χ4n) is 6.46. The van der Waals surface area contributed by atoms with Crippen molar-refractivity contribution in [2.45, 2.75) is 0 Å². The van der Waals surface area contributed by atoms with Gasteiger partial charge >= 0.3 is 0 Å². The van der Waals surface area contributed by atoms with E-state index in [1.807, 2.05) is 30.3 Å². The van der Waals surface area contributed by atoms with E-state index in [1.54, 1.807) is 22.7 Å². The summed E-state index contributed by atoms with van der Waals surface area (Å²) >= 11 is 3.54. The van der Waals surface area contributed by atoms with Crippen LogP contribution in [0.1, 0.15) is 0 Å². The normalized spacial score (nSPS) is 11.8. The van der Waals surface area contributed by atoms with E-state index in [0.717, 1.165) is 38.2 Å². The summed E-state index contributed by atoms with van der Waals surface area (Å²) < 4.78 is 3.62. The van der Waals surface area contributed by atoms with E-state index in [0.29, 0.717) is 17.5 Å². The van der Waals surface area contributed by atoms with Crippen LogP contribution in [0, 0.1) is 0 Å². The third-order valence-electron chi connectivity index (χ3n) is 8.91. The van der Waals surface area contributed by atoms with Crippen LogP contribution in [-0.4, -0.2) is 19.9 Å². The Kier molecular flexibility index (Phi) is 6.19. The number of hydrogen-bond donors (Lipinski definition) is 0. The predicted molar refractivity (Wildman–Crippen MR) is 203 cm³/mol. The topological polar surface area (TPSA) is 51.6 Å². The third-order valence-corrected chi connectivity index (χ3v) is 11.1. The molecule has 4 nitrogen and oxygen atoms in total. The van der Waals surface area contributed by atoms with Crippen molar-refractivity contribution in [1.29, 1.82) is 0 Å². The Balaban J connectivity index is 1.08. The van der Waals surface area contributed by atoms with E-state index in [-0.39, 0.29) is 0 Å². The number of fused-ring (bicyclic) bond motifs is 6. The Morgan fingerprint density at radius 2 is 0.896 bits per heavy atom. The number of aromatic nitrogens is 4. The zero-order chi connectivity index (χ0) is 31.6. The molecule has 224 valence electrons. The number of benzene rings is 7. The Morgan fingerprint density at radius 3 is 1.62 bits per heavy atom. The van der Waals surface area contributed by atoms with Crippen molar-refractivity contribution < 1.29 is 0 Å². The lowest BCUT2D eigenvalue weighted by Gasteiger charge is -2.09. The van der Waals surface area contributed by atoms with E-state index >= 15 is 0 Å². The molecule has 0 spiro atoms. The van der Waals surface area contributed by atoms with Gasteiger partial charge < -0.3 is 0 Å². The average Bonchev–Trinajstić information content (AvgIpc) is 3.73. The molecule has 0 unspecified atom stereocenters. The van der Waals surface area contributed by atoms with Crippen LogP contribution in [0.15, 0.2) is 146 Å². The number of thiophene rings is 1. The van der Waals surface area contributed by atoms with E-state index in [1.165, 1.54) is 41.0 Å². The van der Waals surface area contributed by atoms with Crippen LogP contribution in [0.25, 0.3) is 96.7 Å². The maximum Gasteiger partial charge on any atom is 0.164 e. The molecule has 6 heteroatoms. The van der Waals surface area contributed by atoms with Crippen molar-refractivity contribution in [1.82, 2.24) is 19.9 Å². The van der Waals surface area contributed by atoms with Gasteiger partial charge in [-0.05, 0) is 51.9 Å². The van der Waals surface area contributed by atoms with Crippen LogP contribution in [-0.2, 0) is 0 Å². The fourth-order valence-corrected chi connectivity index (χ4v) is 8.60. The molecular weight excluding hydrogens is 625 g/mol. The van der Waals surface area contributed by atoms with Gasteiger partial charge in [-0.1, -0.05) is 115 Å². The minimum absolute atomic E-state index is 0.661. The van der Waals surface area contributed by atoms with Crippen molar-refractivity contribution >= 4 is 74.6 Å². The molecule has 48 heavy (non-hydrogen) atoms. The second-order valence-electron chi connectivity index (χ2n) is 11.9. The molecule has 0 amide bonds. The molecule has 0 atom stereocenters. The lowest BCUT2D eigenvalue weighted by Crippen LogP contribution is -2.00. The highest BCUT2D eigenvalue weighted by atomic mass is 32.1. The van der Waals surface area contributed by atoms with Crippen LogP contribution >= 0.6 is 22.7 Å². The van der Waals surface area contributed by atoms with E-state index < -0.39 is 0 Å². The Morgan fingerprint density at radius 1 is 0.333 bits per heavy atom. The van der Waals surface area contributed by atoms with Crippen LogP contribution in [0.5, 0.6) is 0 Å². The first-order chi connectivity index (χ1) is 23.7. The average molecular weight is 649 g/mol. The molecule has 0 fully saturated rings. The van der Waals surface area contributed by atoms with Gasteiger partial charge in [-0.15, -0.1) is 22.7 Å². The Hall–Kier alpha value is -5.82. The lowest BCUT2D eigenvalue weighted by molar-refractivity contribution is 1.08. The van der Waals surface area contributed by atoms with Gasteiger partial charge in [0.05, 0.1) is 10.2 Å². The highest BCUT2D eigenvalue weighted by Crippen LogP contribution is 2.41. The van der Waals surface area contributed by atoms with Gasteiger partial charge in [-0.25, -0.2) is 19.9 Å². The van der Waals surface area contributed by atoms with Gasteiger partial charge in [-0.2, -0.15) is 0 Å². The standard InChI is InChI=1S/C42H24N4S2/c1-2-10-27(11-3-1)39-44-40(30-16-14-25-8-4-6-12-28(25)20-30)46-41(45-39)31-18-19-33-34-23-38-35(24-37(34)47-36(33)22-31)43-42(48-38)32-17-15-26-9-5-7-13-29(26)21-32/h1-24H. The van der Waals surface area contributed by atoms with Gasteiger partial charge in [-0.3, -0.25) is 0 Å². The monoisotopic (exact) mass is 648 g/mol. The molecule has 0 saturated heterocycles. The number of nitrogens with zero attached hydrogens (tertiary/aromatic N) is 4. The molecule has 0 aliphatic carbocycles. The summed E-state index contributed by atoms with van der Waals surface area (Å²) in [6.07, 6.45) is 0. The molecule has 3 heterocycles. The number of hydrogen-bond acceptors (Lipinski definition) is 6. The van der Waals surface area contributed by atoms with E-state index in [9.17, 15) is 0 Å². The summed E-state index contributed by atoms with van der Waals surface area (Å²) in [4.78, 5) is 20.0. The van der Waals surface area contributed by atoms with Crippen molar-refractivity contribution in [2.24, 2.45) is 0 Å². The van der Waals surface area contributed by atoms with Crippen LogP contribution < -0.4 is 0 Å². The molecule has 0 saturated carbocycles. The van der Waals surface area contributed by atoms with E-state index in [2.05, 4.69) is 115 Å². The zero-order valence-electron chi connectivity index (χ0n) is 25.5. The third kappa shape index (κ3) is 4.65. The molecule has 0 N–H and O–H groups in total. The number of rotatable bonds is 4. The van der Waals surface area contributed by atoms with Crippen molar-refractivity contribution in [3.05, 3.63) is 146 Å². The van der Waals surface area contributed by atoms with E-state index in [4.69, 9.17) is 19.9 Å². The molecule has 0 bridgehead atoms.